The van der Waals surface area contributed by atoms with E-state index in [1.165, 1.54) is 51.4 Å². The van der Waals surface area contributed by atoms with Crippen LogP contribution in [0.3, 0.4) is 0 Å². The highest BCUT2D eigenvalue weighted by Crippen LogP contribution is 2.28. The summed E-state index contributed by atoms with van der Waals surface area (Å²) in [5.74, 6) is 1.93. The second-order valence-corrected chi connectivity index (χ2v) is 6.14. The first-order valence-electron chi connectivity index (χ1n) is 8.44. The Kier molecular flexibility index (Phi) is 10.4. The van der Waals surface area contributed by atoms with Crippen LogP contribution in [0.2, 0.25) is 0 Å². The number of rotatable bonds is 7. The second-order valence-electron chi connectivity index (χ2n) is 6.14. The minimum atomic E-state index is 0. The van der Waals surface area contributed by atoms with E-state index >= 15 is 0 Å². The van der Waals surface area contributed by atoms with E-state index < -0.39 is 0 Å². The molecule has 0 aromatic heterocycles. The minimum absolute atomic E-state index is 0. The molecule has 4 nitrogen and oxygen atoms in total. The molecule has 0 aromatic rings. The Morgan fingerprint density at radius 2 is 1.81 bits per heavy atom. The molecule has 1 aliphatic heterocycles. The summed E-state index contributed by atoms with van der Waals surface area (Å²) in [6.45, 7) is 2.93. The zero-order chi connectivity index (χ0) is 14.0. The van der Waals surface area contributed by atoms with Crippen molar-refractivity contribution in [1.82, 2.24) is 10.6 Å². The Labute approximate surface area is 146 Å². The van der Waals surface area contributed by atoms with Gasteiger partial charge in [0.1, 0.15) is 0 Å². The second kappa shape index (κ2) is 11.5. The largest absolute Gasteiger partial charge is 0.378 e. The normalized spacial score (nSPS) is 23.1. The molecule has 0 bridgehead atoms. The van der Waals surface area contributed by atoms with Gasteiger partial charge in [0.15, 0.2) is 5.96 Å². The smallest absolute Gasteiger partial charge is 0.190 e. The number of ether oxygens (including phenoxy) is 1. The van der Waals surface area contributed by atoms with Gasteiger partial charge in [-0.2, -0.15) is 0 Å². The first kappa shape index (κ1) is 19.0. The van der Waals surface area contributed by atoms with Crippen molar-refractivity contribution in [3.8, 4) is 0 Å². The minimum Gasteiger partial charge on any atom is -0.378 e. The van der Waals surface area contributed by atoms with Gasteiger partial charge in [0.25, 0.3) is 0 Å². The summed E-state index contributed by atoms with van der Waals surface area (Å²) in [6.07, 6.45) is 12.4. The van der Waals surface area contributed by atoms with Crippen LogP contribution in [0, 0.1) is 5.92 Å². The molecule has 1 atom stereocenters. The van der Waals surface area contributed by atoms with Crippen LogP contribution in [0.25, 0.3) is 0 Å². The van der Waals surface area contributed by atoms with Crippen LogP contribution in [0.4, 0.5) is 0 Å². The fraction of sp³-hybridized carbons (Fsp3) is 0.938. The highest BCUT2D eigenvalue weighted by Gasteiger charge is 2.15. The van der Waals surface area contributed by atoms with Gasteiger partial charge in [-0.1, -0.05) is 25.7 Å². The molecule has 21 heavy (non-hydrogen) atoms. The predicted molar refractivity (Wildman–Crippen MR) is 99.6 cm³/mol. The van der Waals surface area contributed by atoms with Crippen LogP contribution in [-0.4, -0.2) is 38.8 Å². The van der Waals surface area contributed by atoms with Gasteiger partial charge in [0.05, 0.1) is 6.10 Å². The van der Waals surface area contributed by atoms with Crippen LogP contribution in [0.15, 0.2) is 4.99 Å². The van der Waals surface area contributed by atoms with Crippen LogP contribution < -0.4 is 10.6 Å². The standard InChI is InChI=1S/C16H31N3O.HI/c1-17-16(19-12-10-15-9-5-13-20-15)18-11-4-8-14-6-2-3-7-14;/h14-15H,2-13H2,1H3,(H2,17,18,19);1H. The summed E-state index contributed by atoms with van der Waals surface area (Å²) in [6, 6.07) is 0. The van der Waals surface area contributed by atoms with Crippen LogP contribution in [0.5, 0.6) is 0 Å². The lowest BCUT2D eigenvalue weighted by molar-refractivity contribution is 0.105. The summed E-state index contributed by atoms with van der Waals surface area (Å²) in [7, 11) is 1.85. The number of nitrogens with zero attached hydrogens (tertiary/aromatic N) is 1. The predicted octanol–water partition coefficient (Wildman–Crippen LogP) is 3.31. The Bertz CT molecular complexity index is 287. The Morgan fingerprint density at radius 1 is 1.05 bits per heavy atom. The van der Waals surface area contributed by atoms with Crippen LogP contribution in [-0.2, 0) is 4.74 Å². The van der Waals surface area contributed by atoms with Crippen molar-refractivity contribution >= 4 is 29.9 Å². The highest BCUT2D eigenvalue weighted by atomic mass is 127. The number of hydrogen-bond donors (Lipinski definition) is 2. The first-order chi connectivity index (χ1) is 9.88. The van der Waals surface area contributed by atoms with E-state index in [9.17, 15) is 0 Å². The van der Waals surface area contributed by atoms with Gasteiger partial charge < -0.3 is 15.4 Å². The van der Waals surface area contributed by atoms with Crippen molar-refractivity contribution in [2.45, 2.75) is 63.9 Å². The Balaban J connectivity index is 0.00000220. The third-order valence-corrected chi connectivity index (χ3v) is 4.56. The number of hydrogen-bond acceptors (Lipinski definition) is 2. The number of nitrogens with one attached hydrogen (secondary N) is 2. The first-order valence-corrected chi connectivity index (χ1v) is 8.44. The van der Waals surface area contributed by atoms with Crippen molar-refractivity contribution in [1.29, 1.82) is 0 Å². The third-order valence-electron chi connectivity index (χ3n) is 4.56. The maximum Gasteiger partial charge on any atom is 0.190 e. The van der Waals surface area contributed by atoms with Crippen molar-refractivity contribution < 1.29 is 4.74 Å². The lowest BCUT2D eigenvalue weighted by Gasteiger charge is -2.14. The summed E-state index contributed by atoms with van der Waals surface area (Å²) in [5.41, 5.74) is 0. The SMILES string of the molecule is CN=C(NCCCC1CCCC1)NCCC1CCCO1.I. The number of halogens is 1. The molecule has 1 unspecified atom stereocenters. The van der Waals surface area contributed by atoms with E-state index in [4.69, 9.17) is 4.74 Å². The van der Waals surface area contributed by atoms with Gasteiger partial charge in [-0.25, -0.2) is 0 Å². The van der Waals surface area contributed by atoms with Crippen molar-refractivity contribution in [2.75, 3.05) is 26.7 Å². The molecule has 124 valence electrons. The van der Waals surface area contributed by atoms with Gasteiger partial charge >= 0.3 is 0 Å². The van der Waals surface area contributed by atoms with E-state index in [1.54, 1.807) is 0 Å². The van der Waals surface area contributed by atoms with Crippen LogP contribution in [0.1, 0.15) is 57.8 Å². The monoisotopic (exact) mass is 409 g/mol. The molecule has 2 fully saturated rings. The number of aliphatic imine (C=N–C) groups is 1. The van der Waals surface area contributed by atoms with E-state index in [1.807, 2.05) is 7.05 Å². The Hall–Kier alpha value is -0.0400. The average molecular weight is 409 g/mol. The maximum atomic E-state index is 5.62. The van der Waals surface area contributed by atoms with Crippen molar-refractivity contribution in [3.05, 3.63) is 0 Å². The van der Waals surface area contributed by atoms with Crippen molar-refractivity contribution in [3.63, 3.8) is 0 Å². The van der Waals surface area contributed by atoms with E-state index in [2.05, 4.69) is 15.6 Å². The van der Waals surface area contributed by atoms with Crippen LogP contribution >= 0.6 is 24.0 Å². The zero-order valence-electron chi connectivity index (χ0n) is 13.4. The fourth-order valence-corrected chi connectivity index (χ4v) is 3.34. The zero-order valence-corrected chi connectivity index (χ0v) is 15.7. The topological polar surface area (TPSA) is 45.7 Å². The van der Waals surface area contributed by atoms with E-state index in [-0.39, 0.29) is 24.0 Å². The fourth-order valence-electron chi connectivity index (χ4n) is 3.34. The number of guanidine groups is 1. The molecule has 1 saturated heterocycles. The molecular weight excluding hydrogens is 377 g/mol. The van der Waals surface area contributed by atoms with Gasteiger partial charge in [0.2, 0.25) is 0 Å². The molecule has 0 spiro atoms. The lowest BCUT2D eigenvalue weighted by atomic mass is 10.0. The third kappa shape index (κ3) is 7.68. The molecule has 5 heteroatoms. The molecule has 0 radical (unpaired) electrons. The summed E-state index contributed by atoms with van der Waals surface area (Å²) < 4.78 is 5.62. The molecule has 1 saturated carbocycles. The molecular formula is C16H32IN3O. The molecule has 1 aliphatic carbocycles. The van der Waals surface area contributed by atoms with Gasteiger partial charge in [-0.05, 0) is 38.0 Å². The van der Waals surface area contributed by atoms with Gasteiger partial charge in [-0.3, -0.25) is 4.99 Å². The van der Waals surface area contributed by atoms with Gasteiger partial charge in [0, 0.05) is 26.7 Å². The molecule has 0 aromatic carbocycles. The van der Waals surface area contributed by atoms with E-state index in [0.717, 1.165) is 38.0 Å². The summed E-state index contributed by atoms with van der Waals surface area (Å²) >= 11 is 0. The van der Waals surface area contributed by atoms with Gasteiger partial charge in [-0.15, -0.1) is 24.0 Å². The molecule has 2 N–H and O–H groups in total. The summed E-state index contributed by atoms with van der Waals surface area (Å²) in [4.78, 5) is 4.28. The maximum absolute atomic E-state index is 5.62. The molecule has 0 amide bonds. The van der Waals surface area contributed by atoms with Crippen molar-refractivity contribution in [2.24, 2.45) is 10.9 Å². The highest BCUT2D eigenvalue weighted by molar-refractivity contribution is 14.0. The van der Waals surface area contributed by atoms with E-state index in [0.29, 0.717) is 6.10 Å². The average Bonchev–Trinajstić information content (AvgIpc) is 3.14. The quantitative estimate of drug-likeness (QED) is 0.294. The Morgan fingerprint density at radius 3 is 2.48 bits per heavy atom. The lowest BCUT2D eigenvalue weighted by Crippen LogP contribution is -2.39. The molecule has 2 aliphatic rings. The molecule has 2 rings (SSSR count). The molecule has 1 heterocycles. The summed E-state index contributed by atoms with van der Waals surface area (Å²) in [5, 5.41) is 6.80.